The van der Waals surface area contributed by atoms with Crippen LogP contribution in [0.1, 0.15) is 22.3 Å². The fourth-order valence-electron chi connectivity index (χ4n) is 2.75. The third kappa shape index (κ3) is 1.80. The molecular formula is C17H14N2O2. The van der Waals surface area contributed by atoms with E-state index in [-0.39, 0.29) is 12.1 Å². The number of para-hydroxylation sites is 2. The zero-order chi connectivity index (χ0) is 14.4. The van der Waals surface area contributed by atoms with E-state index >= 15 is 0 Å². The number of rotatable bonds is 1. The van der Waals surface area contributed by atoms with E-state index in [0.717, 1.165) is 22.4 Å². The number of furan rings is 1. The standard InChI is InChI=1S/C17H14N2O2/c1-19-16(15-10-11-6-2-5-9-14(11)21-15)18-13-8-4-3-7-12(13)17(19)20/h2-10,16,18H,1H3/t16-/m0/s1. The molecule has 1 aliphatic rings. The largest absolute Gasteiger partial charge is 0.457 e. The van der Waals surface area contributed by atoms with Crippen molar-refractivity contribution in [2.24, 2.45) is 0 Å². The van der Waals surface area contributed by atoms with Crippen LogP contribution in [-0.4, -0.2) is 17.9 Å². The molecule has 4 rings (SSSR count). The van der Waals surface area contributed by atoms with Gasteiger partial charge in [0.15, 0.2) is 6.17 Å². The zero-order valence-electron chi connectivity index (χ0n) is 11.5. The number of anilines is 1. The molecule has 4 heteroatoms. The van der Waals surface area contributed by atoms with E-state index < -0.39 is 0 Å². The van der Waals surface area contributed by atoms with Crippen molar-refractivity contribution in [3.05, 3.63) is 65.9 Å². The van der Waals surface area contributed by atoms with Crippen LogP contribution in [-0.2, 0) is 0 Å². The topological polar surface area (TPSA) is 45.5 Å². The van der Waals surface area contributed by atoms with Gasteiger partial charge in [0.1, 0.15) is 11.3 Å². The molecule has 4 nitrogen and oxygen atoms in total. The van der Waals surface area contributed by atoms with Crippen LogP contribution in [0.4, 0.5) is 5.69 Å². The first-order chi connectivity index (χ1) is 10.2. The number of nitrogens with zero attached hydrogens (tertiary/aromatic N) is 1. The smallest absolute Gasteiger partial charge is 0.257 e. The predicted octanol–water partition coefficient (Wildman–Crippen LogP) is 3.63. The number of hydrogen-bond donors (Lipinski definition) is 1. The summed E-state index contributed by atoms with van der Waals surface area (Å²) in [6.07, 6.45) is -0.292. The lowest BCUT2D eigenvalue weighted by atomic mass is 10.1. The normalized spacial score (nSPS) is 17.7. The van der Waals surface area contributed by atoms with Gasteiger partial charge in [0, 0.05) is 18.1 Å². The second-order valence-electron chi connectivity index (χ2n) is 5.20. The maximum absolute atomic E-state index is 12.5. The molecule has 3 aromatic rings. The summed E-state index contributed by atoms with van der Waals surface area (Å²) in [6.45, 7) is 0. The van der Waals surface area contributed by atoms with E-state index in [1.165, 1.54) is 0 Å². The van der Waals surface area contributed by atoms with Gasteiger partial charge in [-0.25, -0.2) is 0 Å². The van der Waals surface area contributed by atoms with Gasteiger partial charge in [-0.2, -0.15) is 0 Å². The highest BCUT2D eigenvalue weighted by molar-refractivity contribution is 6.01. The molecule has 21 heavy (non-hydrogen) atoms. The molecule has 1 N–H and O–H groups in total. The molecule has 0 spiro atoms. The Kier molecular flexibility index (Phi) is 2.51. The molecule has 0 saturated heterocycles. The highest BCUT2D eigenvalue weighted by atomic mass is 16.3. The van der Waals surface area contributed by atoms with E-state index in [2.05, 4.69) is 5.32 Å². The van der Waals surface area contributed by atoms with Crippen LogP contribution >= 0.6 is 0 Å². The minimum Gasteiger partial charge on any atom is -0.457 e. The monoisotopic (exact) mass is 278 g/mol. The molecule has 1 aromatic heterocycles. The molecule has 1 aliphatic heterocycles. The minimum atomic E-state index is -0.292. The van der Waals surface area contributed by atoms with Gasteiger partial charge >= 0.3 is 0 Å². The molecule has 1 amide bonds. The summed E-state index contributed by atoms with van der Waals surface area (Å²) >= 11 is 0. The van der Waals surface area contributed by atoms with Gasteiger partial charge in [-0.05, 0) is 24.3 Å². The highest BCUT2D eigenvalue weighted by Gasteiger charge is 2.31. The van der Waals surface area contributed by atoms with Gasteiger partial charge in [0.2, 0.25) is 0 Å². The Morgan fingerprint density at radius 1 is 1.10 bits per heavy atom. The fourth-order valence-corrected chi connectivity index (χ4v) is 2.75. The summed E-state index contributed by atoms with van der Waals surface area (Å²) in [5.74, 6) is 0.733. The van der Waals surface area contributed by atoms with E-state index in [1.807, 2.05) is 54.6 Å². The Hall–Kier alpha value is -2.75. The van der Waals surface area contributed by atoms with Crippen molar-refractivity contribution in [1.29, 1.82) is 0 Å². The van der Waals surface area contributed by atoms with Crippen molar-refractivity contribution in [2.45, 2.75) is 6.17 Å². The van der Waals surface area contributed by atoms with Gasteiger partial charge in [0.25, 0.3) is 5.91 Å². The van der Waals surface area contributed by atoms with Crippen LogP contribution in [0.2, 0.25) is 0 Å². The summed E-state index contributed by atoms with van der Waals surface area (Å²) < 4.78 is 5.88. The average molecular weight is 278 g/mol. The van der Waals surface area contributed by atoms with Gasteiger partial charge in [0.05, 0.1) is 5.56 Å². The molecule has 0 saturated carbocycles. The number of hydrogen-bond acceptors (Lipinski definition) is 3. The molecule has 2 heterocycles. The maximum Gasteiger partial charge on any atom is 0.257 e. The van der Waals surface area contributed by atoms with Gasteiger partial charge in [-0.15, -0.1) is 0 Å². The number of benzene rings is 2. The number of nitrogens with one attached hydrogen (secondary N) is 1. The highest BCUT2D eigenvalue weighted by Crippen LogP contribution is 2.34. The predicted molar refractivity (Wildman–Crippen MR) is 81.1 cm³/mol. The number of carbonyl (C=O) groups excluding carboxylic acids is 1. The summed E-state index contributed by atoms with van der Waals surface area (Å²) in [5, 5.41) is 4.40. The molecule has 104 valence electrons. The Morgan fingerprint density at radius 3 is 2.71 bits per heavy atom. The van der Waals surface area contributed by atoms with Gasteiger partial charge < -0.3 is 14.6 Å². The van der Waals surface area contributed by atoms with Crippen molar-refractivity contribution in [1.82, 2.24) is 4.90 Å². The molecular weight excluding hydrogens is 264 g/mol. The van der Waals surface area contributed by atoms with Gasteiger partial charge in [-0.1, -0.05) is 30.3 Å². The van der Waals surface area contributed by atoms with E-state index in [0.29, 0.717) is 5.56 Å². The lowest BCUT2D eigenvalue weighted by Gasteiger charge is -2.33. The van der Waals surface area contributed by atoms with Crippen LogP contribution in [0.25, 0.3) is 11.0 Å². The summed E-state index contributed by atoms with van der Waals surface area (Å²) in [7, 11) is 1.78. The molecule has 0 radical (unpaired) electrons. The second kappa shape index (κ2) is 4.38. The van der Waals surface area contributed by atoms with Crippen LogP contribution in [0.15, 0.2) is 59.0 Å². The Labute approximate surface area is 122 Å². The first kappa shape index (κ1) is 12.0. The number of carbonyl (C=O) groups is 1. The van der Waals surface area contributed by atoms with E-state index in [1.54, 1.807) is 11.9 Å². The minimum absolute atomic E-state index is 0.00481. The Morgan fingerprint density at radius 2 is 1.86 bits per heavy atom. The number of amides is 1. The zero-order valence-corrected chi connectivity index (χ0v) is 11.5. The van der Waals surface area contributed by atoms with Crippen molar-refractivity contribution < 1.29 is 9.21 Å². The SMILES string of the molecule is CN1C(=O)c2ccccc2N[C@@H]1c1cc2ccccc2o1. The van der Waals surface area contributed by atoms with Crippen LogP contribution < -0.4 is 5.32 Å². The second-order valence-corrected chi connectivity index (χ2v) is 5.20. The molecule has 0 bridgehead atoms. The van der Waals surface area contributed by atoms with Crippen molar-refractivity contribution >= 4 is 22.6 Å². The average Bonchev–Trinajstić information content (AvgIpc) is 2.94. The first-order valence-electron chi connectivity index (χ1n) is 6.85. The first-order valence-corrected chi connectivity index (χ1v) is 6.85. The van der Waals surface area contributed by atoms with Crippen molar-refractivity contribution in [2.75, 3.05) is 12.4 Å². The third-order valence-corrected chi connectivity index (χ3v) is 3.87. The lowest BCUT2D eigenvalue weighted by Crippen LogP contribution is -2.39. The quantitative estimate of drug-likeness (QED) is 0.739. The number of fused-ring (bicyclic) bond motifs is 2. The fraction of sp³-hybridized carbons (Fsp3) is 0.118. The molecule has 0 aliphatic carbocycles. The van der Waals surface area contributed by atoms with E-state index in [9.17, 15) is 4.79 Å². The molecule has 0 unspecified atom stereocenters. The summed E-state index contributed by atoms with van der Waals surface area (Å²) in [6, 6.07) is 17.3. The summed E-state index contributed by atoms with van der Waals surface area (Å²) in [5.41, 5.74) is 2.35. The van der Waals surface area contributed by atoms with Gasteiger partial charge in [-0.3, -0.25) is 4.79 Å². The lowest BCUT2D eigenvalue weighted by molar-refractivity contribution is 0.0720. The maximum atomic E-state index is 12.5. The van der Waals surface area contributed by atoms with E-state index in [4.69, 9.17) is 4.42 Å². The van der Waals surface area contributed by atoms with Crippen LogP contribution in [0.3, 0.4) is 0 Å². The van der Waals surface area contributed by atoms with Crippen molar-refractivity contribution in [3.8, 4) is 0 Å². The third-order valence-electron chi connectivity index (χ3n) is 3.87. The molecule has 0 fully saturated rings. The van der Waals surface area contributed by atoms with Crippen LogP contribution in [0, 0.1) is 0 Å². The summed E-state index contributed by atoms with van der Waals surface area (Å²) in [4.78, 5) is 14.1. The van der Waals surface area contributed by atoms with Crippen molar-refractivity contribution in [3.63, 3.8) is 0 Å². The Bertz CT molecular complexity index is 804. The van der Waals surface area contributed by atoms with Crippen LogP contribution in [0.5, 0.6) is 0 Å². The molecule has 2 aromatic carbocycles. The molecule has 1 atom stereocenters. The Balaban J connectivity index is 1.80.